The van der Waals surface area contributed by atoms with E-state index in [1.807, 2.05) is 6.92 Å². The van der Waals surface area contributed by atoms with Crippen molar-refractivity contribution in [1.82, 2.24) is 0 Å². The van der Waals surface area contributed by atoms with Crippen molar-refractivity contribution < 1.29 is 37.0 Å². The number of rotatable bonds is 9. The average molecular weight is 561 g/mol. The molecule has 0 bridgehead atoms. The predicted molar refractivity (Wildman–Crippen MR) is 141 cm³/mol. The van der Waals surface area contributed by atoms with Gasteiger partial charge >= 0.3 is 11.9 Å². The monoisotopic (exact) mass is 560 g/mol. The first kappa shape index (κ1) is 28.5. The Hall–Kier alpha value is -4.09. The number of anilines is 2. The summed E-state index contributed by atoms with van der Waals surface area (Å²) in [5.41, 5.74) is 0.787. The molecule has 0 aliphatic rings. The van der Waals surface area contributed by atoms with Crippen molar-refractivity contribution in [2.45, 2.75) is 11.8 Å². The molecule has 0 saturated heterocycles. The van der Waals surface area contributed by atoms with E-state index in [0.717, 1.165) is 17.0 Å². The summed E-state index contributed by atoms with van der Waals surface area (Å²) < 4.78 is 43.1. The third-order valence-corrected chi connectivity index (χ3v) is 7.43. The number of carbonyl (C=O) groups is 3. The lowest BCUT2D eigenvalue weighted by atomic mass is 10.1. The van der Waals surface area contributed by atoms with E-state index >= 15 is 0 Å². The molecule has 3 aromatic rings. The van der Waals surface area contributed by atoms with Crippen LogP contribution in [0.2, 0.25) is 5.02 Å². The van der Waals surface area contributed by atoms with Gasteiger partial charge in [-0.1, -0.05) is 29.3 Å². The zero-order valence-electron chi connectivity index (χ0n) is 21.0. The molecule has 200 valence electrons. The Morgan fingerprint density at radius 1 is 0.895 bits per heavy atom. The van der Waals surface area contributed by atoms with E-state index in [1.165, 1.54) is 62.8 Å². The highest BCUT2D eigenvalue weighted by molar-refractivity contribution is 7.92. The van der Waals surface area contributed by atoms with Crippen molar-refractivity contribution in [3.8, 4) is 5.75 Å². The van der Waals surface area contributed by atoms with Crippen LogP contribution < -0.4 is 14.4 Å². The third kappa shape index (κ3) is 6.24. The van der Waals surface area contributed by atoms with Gasteiger partial charge in [0.15, 0.2) is 0 Å². The van der Waals surface area contributed by atoms with Gasteiger partial charge in [-0.3, -0.25) is 9.10 Å². The van der Waals surface area contributed by atoms with Crippen molar-refractivity contribution in [2.24, 2.45) is 0 Å². The maximum atomic E-state index is 13.7. The van der Waals surface area contributed by atoms with E-state index in [-0.39, 0.29) is 38.2 Å². The SMILES string of the molecule is COC(=O)c1ccc(C(=O)OC)c(NC(=O)CN(c2cc(Cl)ccc2OC)S(=O)(=O)c2ccc(C)cc2)c1. The van der Waals surface area contributed by atoms with Crippen LogP contribution in [0.4, 0.5) is 11.4 Å². The molecule has 0 unspecified atom stereocenters. The van der Waals surface area contributed by atoms with Crippen molar-refractivity contribution in [1.29, 1.82) is 0 Å². The molecule has 0 heterocycles. The molecule has 0 fully saturated rings. The van der Waals surface area contributed by atoms with E-state index in [0.29, 0.717) is 0 Å². The number of aryl methyl sites for hydroxylation is 1. The van der Waals surface area contributed by atoms with Crippen LogP contribution in [0.5, 0.6) is 5.75 Å². The summed E-state index contributed by atoms with van der Waals surface area (Å²) in [5.74, 6) is -2.16. The number of nitrogens with one attached hydrogen (secondary N) is 1. The van der Waals surface area contributed by atoms with Crippen molar-refractivity contribution >= 4 is 50.8 Å². The molecular weight excluding hydrogens is 536 g/mol. The Kier molecular flexibility index (Phi) is 8.97. The molecule has 10 nitrogen and oxygen atoms in total. The smallest absolute Gasteiger partial charge is 0.339 e. The summed E-state index contributed by atoms with van der Waals surface area (Å²) in [5, 5.41) is 2.71. The Bertz CT molecular complexity index is 1470. The van der Waals surface area contributed by atoms with Gasteiger partial charge in [0.25, 0.3) is 10.0 Å². The number of benzene rings is 3. The molecule has 0 atom stereocenters. The lowest BCUT2D eigenvalue weighted by molar-refractivity contribution is -0.114. The number of hydrogen-bond donors (Lipinski definition) is 1. The Balaban J connectivity index is 2.08. The van der Waals surface area contributed by atoms with E-state index < -0.39 is 34.4 Å². The predicted octanol–water partition coefficient (Wildman–Crippen LogP) is 4.06. The molecule has 0 saturated carbocycles. The fourth-order valence-corrected chi connectivity index (χ4v) is 5.09. The van der Waals surface area contributed by atoms with Crippen LogP contribution in [0.25, 0.3) is 0 Å². The highest BCUT2D eigenvalue weighted by Crippen LogP contribution is 2.35. The summed E-state index contributed by atoms with van der Waals surface area (Å²) in [4.78, 5) is 37.5. The van der Waals surface area contributed by atoms with Gasteiger partial charge in [-0.05, 0) is 55.5 Å². The summed E-state index contributed by atoms with van der Waals surface area (Å²) in [7, 11) is -0.607. The molecule has 0 spiro atoms. The highest BCUT2D eigenvalue weighted by atomic mass is 35.5. The zero-order valence-corrected chi connectivity index (χ0v) is 22.6. The topological polar surface area (TPSA) is 128 Å². The first-order valence-corrected chi connectivity index (χ1v) is 12.9. The van der Waals surface area contributed by atoms with E-state index in [9.17, 15) is 22.8 Å². The fraction of sp³-hybridized carbons (Fsp3) is 0.192. The molecule has 0 aromatic heterocycles. The van der Waals surface area contributed by atoms with E-state index in [4.69, 9.17) is 25.8 Å². The van der Waals surface area contributed by atoms with Crippen LogP contribution in [-0.2, 0) is 24.3 Å². The fourth-order valence-electron chi connectivity index (χ4n) is 3.50. The zero-order chi connectivity index (χ0) is 28.0. The molecule has 1 amide bonds. The van der Waals surface area contributed by atoms with Crippen LogP contribution in [-0.4, -0.2) is 54.1 Å². The Morgan fingerprint density at radius 2 is 1.55 bits per heavy atom. The normalized spacial score (nSPS) is 10.9. The number of carbonyl (C=O) groups excluding carboxylic acids is 3. The first-order chi connectivity index (χ1) is 18.0. The molecule has 1 N–H and O–H groups in total. The average Bonchev–Trinajstić information content (AvgIpc) is 2.90. The number of sulfonamides is 1. The van der Waals surface area contributed by atoms with Crippen LogP contribution in [0.3, 0.4) is 0 Å². The van der Waals surface area contributed by atoms with Gasteiger partial charge in [-0.2, -0.15) is 0 Å². The Morgan fingerprint density at radius 3 is 2.16 bits per heavy atom. The first-order valence-electron chi connectivity index (χ1n) is 11.0. The second kappa shape index (κ2) is 12.0. The van der Waals surface area contributed by atoms with Crippen LogP contribution >= 0.6 is 11.6 Å². The van der Waals surface area contributed by atoms with Gasteiger partial charge in [-0.25, -0.2) is 18.0 Å². The van der Waals surface area contributed by atoms with Crippen LogP contribution in [0.1, 0.15) is 26.3 Å². The second-order valence-electron chi connectivity index (χ2n) is 7.93. The number of nitrogens with zero attached hydrogens (tertiary/aromatic N) is 1. The standard InChI is InChI=1S/C26H25ClN2O8S/c1-16-5-9-19(10-6-16)38(33,34)29(22-14-18(27)8-12-23(22)35-2)15-24(30)28-21-13-17(25(31)36-3)7-11-20(21)26(32)37-4/h5-14H,15H2,1-4H3,(H,28,30). The second-order valence-corrected chi connectivity index (χ2v) is 10.2. The highest BCUT2D eigenvalue weighted by Gasteiger charge is 2.30. The maximum Gasteiger partial charge on any atom is 0.339 e. The minimum atomic E-state index is -4.30. The van der Waals surface area contributed by atoms with Gasteiger partial charge in [0.2, 0.25) is 5.91 Å². The number of ether oxygens (including phenoxy) is 3. The summed E-state index contributed by atoms with van der Waals surface area (Å²) in [6.07, 6.45) is 0. The number of esters is 2. The number of halogens is 1. The van der Waals surface area contributed by atoms with Gasteiger partial charge in [0.05, 0.1) is 48.7 Å². The number of methoxy groups -OCH3 is 3. The molecule has 3 aromatic carbocycles. The summed E-state index contributed by atoms with van der Waals surface area (Å²) in [6.45, 7) is 1.08. The van der Waals surface area contributed by atoms with Gasteiger partial charge in [0.1, 0.15) is 12.3 Å². The van der Waals surface area contributed by atoms with Gasteiger partial charge in [0, 0.05) is 5.02 Å². The molecule has 0 aliphatic heterocycles. The van der Waals surface area contributed by atoms with Crippen LogP contribution in [0.15, 0.2) is 65.6 Å². The van der Waals surface area contributed by atoms with Gasteiger partial charge < -0.3 is 19.5 Å². The molecule has 12 heteroatoms. The summed E-state index contributed by atoms with van der Waals surface area (Å²) >= 11 is 6.16. The quantitative estimate of drug-likeness (QED) is 0.388. The maximum absolute atomic E-state index is 13.7. The number of hydrogen-bond acceptors (Lipinski definition) is 8. The molecule has 0 radical (unpaired) electrons. The van der Waals surface area contributed by atoms with Crippen molar-refractivity contribution in [2.75, 3.05) is 37.5 Å². The number of amides is 1. The Labute approximate surface area is 225 Å². The molecule has 38 heavy (non-hydrogen) atoms. The van der Waals surface area contributed by atoms with Gasteiger partial charge in [-0.15, -0.1) is 0 Å². The molecule has 0 aliphatic carbocycles. The van der Waals surface area contributed by atoms with Crippen molar-refractivity contribution in [3.63, 3.8) is 0 Å². The van der Waals surface area contributed by atoms with E-state index in [2.05, 4.69) is 5.32 Å². The largest absolute Gasteiger partial charge is 0.495 e. The van der Waals surface area contributed by atoms with E-state index in [1.54, 1.807) is 12.1 Å². The minimum absolute atomic E-state index is 0.0206. The molecular formula is C26H25ClN2O8S. The third-order valence-electron chi connectivity index (χ3n) is 5.43. The minimum Gasteiger partial charge on any atom is -0.495 e. The molecule has 3 rings (SSSR count). The lowest BCUT2D eigenvalue weighted by Crippen LogP contribution is -2.38. The van der Waals surface area contributed by atoms with Crippen molar-refractivity contribution in [3.05, 3.63) is 82.4 Å². The summed E-state index contributed by atoms with van der Waals surface area (Å²) in [6, 6.07) is 14.3. The lowest BCUT2D eigenvalue weighted by Gasteiger charge is -2.26. The van der Waals surface area contributed by atoms with Crippen LogP contribution in [0, 0.1) is 6.92 Å².